The Morgan fingerprint density at radius 2 is 1.72 bits per heavy atom. The molecule has 0 bridgehead atoms. The van der Waals surface area contributed by atoms with Gasteiger partial charge < -0.3 is 14.4 Å². The summed E-state index contributed by atoms with van der Waals surface area (Å²) in [6.45, 7) is 5.60. The first-order valence-electron chi connectivity index (χ1n) is 11.6. The van der Waals surface area contributed by atoms with Crippen molar-refractivity contribution in [1.82, 2.24) is 9.80 Å². The average Bonchev–Trinajstić information content (AvgIpc) is 3.37. The molecule has 5 nitrogen and oxygen atoms in total. The lowest BCUT2D eigenvalue weighted by Gasteiger charge is -2.35. The molecule has 1 atom stereocenters. The van der Waals surface area contributed by atoms with Crippen LogP contribution in [-0.4, -0.2) is 61.2 Å². The molecule has 0 N–H and O–H groups in total. The van der Waals surface area contributed by atoms with Crippen LogP contribution in [0, 0.1) is 0 Å². The molecule has 3 aromatic rings. The van der Waals surface area contributed by atoms with E-state index in [1.807, 2.05) is 29.2 Å². The highest BCUT2D eigenvalue weighted by Crippen LogP contribution is 2.21. The molecule has 2 aliphatic heterocycles. The minimum absolute atomic E-state index is 0.0977. The number of ether oxygens (including phenoxy) is 2. The lowest BCUT2D eigenvalue weighted by molar-refractivity contribution is 0.0627. The molecule has 1 unspecified atom stereocenters. The summed E-state index contributed by atoms with van der Waals surface area (Å²) in [7, 11) is 0. The number of rotatable bonds is 6. The Bertz CT molecular complexity index is 1050. The molecule has 32 heavy (non-hydrogen) atoms. The van der Waals surface area contributed by atoms with Gasteiger partial charge >= 0.3 is 0 Å². The number of carbonyl (C=O) groups excluding carboxylic acids is 1. The number of amides is 1. The summed E-state index contributed by atoms with van der Waals surface area (Å²) in [4.78, 5) is 17.4. The van der Waals surface area contributed by atoms with Gasteiger partial charge in [0.25, 0.3) is 5.91 Å². The van der Waals surface area contributed by atoms with Gasteiger partial charge in [-0.05, 0) is 53.4 Å². The first-order valence-corrected chi connectivity index (χ1v) is 11.6. The van der Waals surface area contributed by atoms with E-state index in [0.29, 0.717) is 6.61 Å². The van der Waals surface area contributed by atoms with Crippen molar-refractivity contribution in [3.8, 4) is 5.75 Å². The normalized spacial score (nSPS) is 19.4. The summed E-state index contributed by atoms with van der Waals surface area (Å²) in [6, 6.07) is 22.6. The molecule has 0 radical (unpaired) electrons. The maximum atomic E-state index is 13.0. The Kier molecular flexibility index (Phi) is 6.37. The Hall–Kier alpha value is -2.89. The van der Waals surface area contributed by atoms with Gasteiger partial charge in [-0.1, -0.05) is 42.5 Å². The molecule has 2 fully saturated rings. The largest absolute Gasteiger partial charge is 0.491 e. The zero-order valence-corrected chi connectivity index (χ0v) is 18.4. The first kappa shape index (κ1) is 21.0. The van der Waals surface area contributed by atoms with Crippen LogP contribution in [0.25, 0.3) is 10.8 Å². The fraction of sp³-hybridized carbons (Fsp3) is 0.370. The predicted octanol–water partition coefficient (Wildman–Crippen LogP) is 4.36. The van der Waals surface area contributed by atoms with Crippen molar-refractivity contribution in [3.63, 3.8) is 0 Å². The van der Waals surface area contributed by atoms with Gasteiger partial charge in [-0.25, -0.2) is 0 Å². The summed E-state index contributed by atoms with van der Waals surface area (Å²) in [5.41, 5.74) is 2.07. The van der Waals surface area contributed by atoms with E-state index >= 15 is 0 Å². The Morgan fingerprint density at radius 1 is 0.938 bits per heavy atom. The van der Waals surface area contributed by atoms with Crippen molar-refractivity contribution < 1.29 is 14.3 Å². The van der Waals surface area contributed by atoms with Crippen LogP contribution in [-0.2, 0) is 11.3 Å². The molecule has 1 amide bonds. The van der Waals surface area contributed by atoms with Gasteiger partial charge in [0.2, 0.25) is 0 Å². The quantitative estimate of drug-likeness (QED) is 0.583. The average molecular weight is 431 g/mol. The van der Waals surface area contributed by atoms with Gasteiger partial charge in [0.05, 0.1) is 6.10 Å². The third-order valence-electron chi connectivity index (χ3n) is 6.49. The number of benzene rings is 3. The van der Waals surface area contributed by atoms with Gasteiger partial charge in [-0.3, -0.25) is 9.69 Å². The summed E-state index contributed by atoms with van der Waals surface area (Å²) < 4.78 is 11.4. The molecule has 2 saturated heterocycles. The molecule has 0 aliphatic carbocycles. The number of piperazine rings is 1. The molecule has 0 saturated carbocycles. The summed E-state index contributed by atoms with van der Waals surface area (Å²) in [6.07, 6.45) is 2.36. The minimum atomic E-state index is 0.0977. The third-order valence-corrected chi connectivity index (χ3v) is 6.49. The van der Waals surface area contributed by atoms with Crippen LogP contribution >= 0.6 is 0 Å². The van der Waals surface area contributed by atoms with Crippen LogP contribution in [0.3, 0.4) is 0 Å². The van der Waals surface area contributed by atoms with Crippen LogP contribution in [0.2, 0.25) is 0 Å². The monoisotopic (exact) mass is 430 g/mol. The molecule has 0 spiro atoms. The minimum Gasteiger partial charge on any atom is -0.491 e. The van der Waals surface area contributed by atoms with Crippen molar-refractivity contribution in [1.29, 1.82) is 0 Å². The standard InChI is InChI=1S/C27H30N2O3/c30-27(22-10-12-24(13-11-22)32-20-25-8-4-18-31-25)29-16-14-28(15-17-29)19-23-7-3-6-21-5-1-2-9-26(21)23/h1-3,5-7,9-13,25H,4,8,14-20H2. The fourth-order valence-corrected chi connectivity index (χ4v) is 4.62. The zero-order valence-electron chi connectivity index (χ0n) is 18.4. The molecule has 5 heteroatoms. The SMILES string of the molecule is O=C(c1ccc(OCC2CCCO2)cc1)N1CCN(Cc2cccc3ccccc23)CC1. The van der Waals surface area contributed by atoms with E-state index in [4.69, 9.17) is 9.47 Å². The van der Waals surface area contributed by atoms with Gasteiger partial charge in [-0.2, -0.15) is 0 Å². The highest BCUT2D eigenvalue weighted by Gasteiger charge is 2.23. The van der Waals surface area contributed by atoms with E-state index in [1.165, 1.54) is 16.3 Å². The topological polar surface area (TPSA) is 42.0 Å². The van der Waals surface area contributed by atoms with Crippen molar-refractivity contribution in [3.05, 3.63) is 77.9 Å². The first-order chi connectivity index (χ1) is 15.8. The van der Waals surface area contributed by atoms with Gasteiger partial charge in [0, 0.05) is 44.9 Å². The Labute approximate surface area is 189 Å². The van der Waals surface area contributed by atoms with Crippen molar-refractivity contribution in [2.45, 2.75) is 25.5 Å². The third kappa shape index (κ3) is 4.79. The molecule has 2 aliphatic rings. The van der Waals surface area contributed by atoms with Crippen molar-refractivity contribution >= 4 is 16.7 Å². The Balaban J connectivity index is 1.14. The second-order valence-corrected chi connectivity index (χ2v) is 8.68. The van der Waals surface area contributed by atoms with Crippen molar-refractivity contribution in [2.75, 3.05) is 39.4 Å². The van der Waals surface area contributed by atoms with Gasteiger partial charge in [0.15, 0.2) is 0 Å². The predicted molar refractivity (Wildman–Crippen MR) is 126 cm³/mol. The van der Waals surface area contributed by atoms with Crippen molar-refractivity contribution in [2.24, 2.45) is 0 Å². The van der Waals surface area contributed by atoms with Crippen LogP contribution in [0.1, 0.15) is 28.8 Å². The Morgan fingerprint density at radius 3 is 2.50 bits per heavy atom. The van der Waals surface area contributed by atoms with E-state index in [0.717, 1.165) is 63.5 Å². The number of fused-ring (bicyclic) bond motifs is 1. The van der Waals surface area contributed by atoms with Crippen LogP contribution < -0.4 is 4.74 Å². The maximum Gasteiger partial charge on any atom is 0.253 e. The number of hydrogen-bond donors (Lipinski definition) is 0. The van der Waals surface area contributed by atoms with Gasteiger partial charge in [-0.15, -0.1) is 0 Å². The second-order valence-electron chi connectivity index (χ2n) is 8.68. The van der Waals surface area contributed by atoms with E-state index in [-0.39, 0.29) is 12.0 Å². The number of hydrogen-bond acceptors (Lipinski definition) is 4. The lowest BCUT2D eigenvalue weighted by atomic mass is 10.0. The second kappa shape index (κ2) is 9.72. The molecular weight excluding hydrogens is 400 g/mol. The highest BCUT2D eigenvalue weighted by atomic mass is 16.5. The zero-order chi connectivity index (χ0) is 21.8. The lowest BCUT2D eigenvalue weighted by Crippen LogP contribution is -2.48. The molecule has 5 rings (SSSR count). The van der Waals surface area contributed by atoms with E-state index in [1.54, 1.807) is 0 Å². The molecule has 2 heterocycles. The van der Waals surface area contributed by atoms with Gasteiger partial charge in [0.1, 0.15) is 12.4 Å². The van der Waals surface area contributed by atoms with E-state index < -0.39 is 0 Å². The molecule has 166 valence electrons. The van der Waals surface area contributed by atoms with Crippen LogP contribution in [0.15, 0.2) is 66.7 Å². The van der Waals surface area contributed by atoms with E-state index in [9.17, 15) is 4.79 Å². The smallest absolute Gasteiger partial charge is 0.253 e. The summed E-state index contributed by atoms with van der Waals surface area (Å²) in [5.74, 6) is 0.887. The highest BCUT2D eigenvalue weighted by molar-refractivity contribution is 5.94. The molecule has 0 aromatic heterocycles. The summed E-state index contributed by atoms with van der Waals surface area (Å²) in [5, 5.41) is 2.59. The number of nitrogens with zero attached hydrogens (tertiary/aromatic N) is 2. The maximum absolute atomic E-state index is 13.0. The molecular formula is C27H30N2O3. The summed E-state index contributed by atoms with van der Waals surface area (Å²) >= 11 is 0. The number of carbonyl (C=O) groups is 1. The van der Waals surface area contributed by atoms with Crippen LogP contribution in [0.4, 0.5) is 0 Å². The van der Waals surface area contributed by atoms with Crippen LogP contribution in [0.5, 0.6) is 5.75 Å². The molecule has 3 aromatic carbocycles. The van der Waals surface area contributed by atoms with E-state index in [2.05, 4.69) is 47.4 Å². The fourth-order valence-electron chi connectivity index (χ4n) is 4.62.